The lowest BCUT2D eigenvalue weighted by molar-refractivity contribution is -0.169. The Morgan fingerprint density at radius 2 is 0.800 bits per heavy atom. The van der Waals surface area contributed by atoms with Gasteiger partial charge in [-0.1, -0.05) is 26.2 Å². The molecule has 4 aliphatic rings. The van der Waals surface area contributed by atoms with Gasteiger partial charge in [0.25, 0.3) is 0 Å². The van der Waals surface area contributed by atoms with Crippen molar-refractivity contribution in [3.05, 3.63) is 0 Å². The summed E-state index contributed by atoms with van der Waals surface area (Å²) in [6.45, 7) is 13.6. The largest absolute Gasteiger partial charge is 0.461 e. The molecule has 0 aromatic rings. The van der Waals surface area contributed by atoms with Crippen molar-refractivity contribution >= 4 is 57.6 Å². The molecule has 0 radical (unpaired) electrons. The summed E-state index contributed by atoms with van der Waals surface area (Å²) >= 11 is 8.98. The normalized spacial score (nSPS) is 22.5. The summed E-state index contributed by atoms with van der Waals surface area (Å²) in [4.78, 5) is 73.5. The molecule has 2 saturated heterocycles. The quantitative estimate of drug-likeness (QED) is 0.0715. The van der Waals surface area contributed by atoms with E-state index in [-0.39, 0.29) is 26.4 Å². The second-order valence-electron chi connectivity index (χ2n) is 15.3. The summed E-state index contributed by atoms with van der Waals surface area (Å²) in [6.07, 6.45) is 10.00. The Labute approximate surface area is 364 Å². The summed E-state index contributed by atoms with van der Waals surface area (Å²) in [5.41, 5.74) is 0. The van der Waals surface area contributed by atoms with Crippen molar-refractivity contribution in [3.8, 4) is 0 Å². The van der Waals surface area contributed by atoms with Gasteiger partial charge in [-0.2, -0.15) is 0 Å². The number of rotatable bonds is 16. The van der Waals surface area contributed by atoms with Crippen LogP contribution in [0.4, 0.5) is 0 Å². The Morgan fingerprint density at radius 1 is 0.483 bits per heavy atom. The van der Waals surface area contributed by atoms with E-state index >= 15 is 0 Å². The number of β-amino-alcohol motifs (C(OH)–C–C–N with tert-alkyl or cyclic N) is 2. The second-order valence-corrected chi connectivity index (χ2v) is 16.0. The lowest BCUT2D eigenvalue weighted by Gasteiger charge is -2.34. The van der Waals surface area contributed by atoms with Crippen LogP contribution in [0.1, 0.15) is 64.7 Å². The fraction of sp³-hybridized carbons (Fsp3) is 0.850. The number of piperazine rings is 2. The minimum atomic E-state index is -1.14. The van der Waals surface area contributed by atoms with E-state index in [0.29, 0.717) is 50.7 Å². The molecule has 4 rings (SSSR count). The number of carbonyl (C=O) groups excluding carboxylic acids is 6. The predicted octanol–water partition coefficient (Wildman–Crippen LogP) is 0.506. The molecule has 0 spiro atoms. The van der Waals surface area contributed by atoms with Crippen molar-refractivity contribution in [3.63, 3.8) is 0 Å². The van der Waals surface area contributed by atoms with Crippen molar-refractivity contribution in [1.29, 1.82) is 0 Å². The van der Waals surface area contributed by atoms with E-state index in [0.717, 1.165) is 130 Å². The number of aliphatic hydroxyl groups is 4. The minimum Gasteiger partial charge on any atom is -0.461 e. The first-order chi connectivity index (χ1) is 28.8. The zero-order chi connectivity index (χ0) is 44.7. The molecule has 0 amide bonds. The number of hydrogen-bond acceptors (Lipinski definition) is 18. The highest BCUT2D eigenvalue weighted by molar-refractivity contribution is 6.97. The Kier molecular flexibility index (Phi) is 31.5. The van der Waals surface area contributed by atoms with Gasteiger partial charge in [0.2, 0.25) is 0 Å². The average Bonchev–Trinajstić information content (AvgIpc) is 3.27. The third-order valence-electron chi connectivity index (χ3n) is 11.2. The summed E-state index contributed by atoms with van der Waals surface area (Å²) in [6, 6.07) is 0. The number of esters is 4. The number of carbonyl (C=O) groups is 6. The van der Waals surface area contributed by atoms with E-state index < -0.39 is 34.4 Å². The summed E-state index contributed by atoms with van der Waals surface area (Å²) in [5.74, 6) is -1.69. The van der Waals surface area contributed by atoms with E-state index in [2.05, 4.69) is 54.5 Å². The van der Waals surface area contributed by atoms with Gasteiger partial charge in [0.1, 0.15) is 13.2 Å². The SMILES string of the molecule is CCC1CCC(COC(=O)C(=O)OCCN2CCN(CCOC(=O)C(=O)OC)CC2)CC1.O=C(Cl)C(=O)Cl.OCC1CCC(CO)CC1.OCCN1CCN(CCO)CC1. The molecule has 2 heterocycles. The van der Waals surface area contributed by atoms with Crippen molar-refractivity contribution in [1.82, 2.24) is 19.6 Å². The number of aliphatic hydroxyl groups excluding tert-OH is 4. The number of ether oxygens (including phenoxy) is 4. The van der Waals surface area contributed by atoms with Crippen LogP contribution in [-0.2, 0) is 47.7 Å². The predicted molar refractivity (Wildman–Crippen MR) is 222 cm³/mol. The maximum atomic E-state index is 11.9. The number of nitrogens with zero attached hydrogens (tertiary/aromatic N) is 4. The Hall–Kier alpha value is -2.52. The van der Waals surface area contributed by atoms with Crippen molar-refractivity contribution < 1.29 is 68.1 Å². The highest BCUT2D eigenvalue weighted by Crippen LogP contribution is 2.30. The van der Waals surface area contributed by atoms with Gasteiger partial charge in [-0.05, 0) is 85.4 Å². The van der Waals surface area contributed by atoms with Crippen LogP contribution in [0.25, 0.3) is 0 Å². The fourth-order valence-electron chi connectivity index (χ4n) is 7.15. The second kappa shape index (κ2) is 34.0. The van der Waals surface area contributed by atoms with Crippen LogP contribution in [0, 0.1) is 23.7 Å². The fourth-order valence-corrected chi connectivity index (χ4v) is 7.15. The van der Waals surface area contributed by atoms with Gasteiger partial charge in [0.15, 0.2) is 0 Å². The highest BCUT2D eigenvalue weighted by Gasteiger charge is 2.25. The van der Waals surface area contributed by atoms with E-state index in [1.54, 1.807) is 0 Å². The van der Waals surface area contributed by atoms with E-state index in [9.17, 15) is 28.8 Å². The third-order valence-corrected chi connectivity index (χ3v) is 11.6. The van der Waals surface area contributed by atoms with Crippen molar-refractivity contribution in [2.45, 2.75) is 64.7 Å². The average molecular weight is 902 g/mol. The van der Waals surface area contributed by atoms with Gasteiger partial charge in [-0.25, -0.2) is 19.2 Å². The van der Waals surface area contributed by atoms with Crippen LogP contribution in [0.5, 0.6) is 0 Å². The molecule has 348 valence electrons. The molecule has 0 unspecified atom stereocenters. The molecule has 60 heavy (non-hydrogen) atoms. The minimum absolute atomic E-state index is 0.119. The molecule has 4 fully saturated rings. The lowest BCUT2D eigenvalue weighted by Crippen LogP contribution is -2.48. The molecule has 18 nitrogen and oxygen atoms in total. The van der Waals surface area contributed by atoms with Gasteiger partial charge >= 0.3 is 34.4 Å². The van der Waals surface area contributed by atoms with Crippen LogP contribution in [0.3, 0.4) is 0 Å². The zero-order valence-corrected chi connectivity index (χ0v) is 37.0. The first-order valence-electron chi connectivity index (χ1n) is 21.1. The van der Waals surface area contributed by atoms with Gasteiger partial charge in [0, 0.05) is 91.8 Å². The maximum Gasteiger partial charge on any atom is 0.417 e. The van der Waals surface area contributed by atoms with E-state index in [1.807, 2.05) is 0 Å². The summed E-state index contributed by atoms with van der Waals surface area (Å²) in [7, 11) is 1.13. The first-order valence-corrected chi connectivity index (χ1v) is 21.9. The molecular formula is C40H70Cl2N4O14. The Bertz CT molecular complexity index is 1180. The molecular weight excluding hydrogens is 831 g/mol. The van der Waals surface area contributed by atoms with Gasteiger partial charge < -0.3 is 39.4 Å². The molecule has 2 aliphatic heterocycles. The van der Waals surface area contributed by atoms with Gasteiger partial charge in [-0.15, -0.1) is 0 Å². The van der Waals surface area contributed by atoms with Gasteiger partial charge in [0.05, 0.1) is 26.9 Å². The Morgan fingerprint density at radius 3 is 1.12 bits per heavy atom. The molecule has 0 atom stereocenters. The molecule has 2 aliphatic carbocycles. The van der Waals surface area contributed by atoms with Crippen molar-refractivity contribution in [2.75, 3.05) is 132 Å². The molecule has 0 aromatic carbocycles. The molecule has 2 saturated carbocycles. The number of halogens is 2. The molecule has 4 N–H and O–H groups in total. The summed E-state index contributed by atoms with van der Waals surface area (Å²) < 4.78 is 19.3. The zero-order valence-electron chi connectivity index (χ0n) is 35.5. The van der Waals surface area contributed by atoms with Crippen LogP contribution >= 0.6 is 23.2 Å². The monoisotopic (exact) mass is 900 g/mol. The van der Waals surface area contributed by atoms with Crippen LogP contribution in [-0.4, -0.2) is 206 Å². The van der Waals surface area contributed by atoms with Gasteiger partial charge in [-0.3, -0.25) is 29.2 Å². The third kappa shape index (κ3) is 25.4. The van der Waals surface area contributed by atoms with E-state index in [1.165, 1.54) is 6.42 Å². The van der Waals surface area contributed by atoms with Crippen LogP contribution in [0.15, 0.2) is 0 Å². The topological polar surface area (TPSA) is 233 Å². The standard InChI is InChI=1S/C22H36N2O8.C8H18N2O2.C8H16O2.C2Cl2O2/c1-3-17-4-6-18(7-5-17)16-32-22(28)21(27)31-15-13-24-10-8-23(9-11-24)12-14-30-20(26)19(25)29-2;11-7-5-9-1-2-10(4-3-9)6-8-12;9-5-7-1-2-8(6-10)4-3-7;3-1(5)2(4)6/h17-18H,3-16H2,1-2H3;11-12H,1-8H2;7-10H,1-6H2;. The maximum absolute atomic E-state index is 11.9. The highest BCUT2D eigenvalue weighted by atomic mass is 35.5. The van der Waals surface area contributed by atoms with Crippen molar-refractivity contribution in [2.24, 2.45) is 23.7 Å². The molecule has 0 aromatic heterocycles. The van der Waals surface area contributed by atoms with E-state index in [4.69, 9.17) is 34.6 Å². The van der Waals surface area contributed by atoms with Crippen LogP contribution in [0.2, 0.25) is 0 Å². The van der Waals surface area contributed by atoms with Crippen LogP contribution < -0.4 is 0 Å². The number of hydrogen-bond donors (Lipinski definition) is 4. The lowest BCUT2D eigenvalue weighted by atomic mass is 9.81. The smallest absolute Gasteiger partial charge is 0.417 e. The first kappa shape index (κ1) is 55.5. The Balaban J connectivity index is 0.000000516. The molecule has 0 bridgehead atoms. The summed E-state index contributed by atoms with van der Waals surface area (Å²) in [5, 5.41) is 32.7. The number of methoxy groups -OCH3 is 1. The molecule has 20 heteroatoms.